The standard InChI is InChI=1S/C12H13Cl2N3O2/c1-2-18-6-10(15)11-16-12(19-17-11)7-3-8(13)5-9(14)4-7/h3-5,10H,2,6,15H2,1H3. The van der Waals surface area contributed by atoms with Gasteiger partial charge >= 0.3 is 0 Å². The fourth-order valence-corrected chi connectivity index (χ4v) is 2.03. The third-order valence-electron chi connectivity index (χ3n) is 2.38. The van der Waals surface area contributed by atoms with Gasteiger partial charge in [-0.05, 0) is 25.1 Å². The molecule has 0 aliphatic heterocycles. The van der Waals surface area contributed by atoms with E-state index in [1.807, 2.05) is 6.92 Å². The fourth-order valence-electron chi connectivity index (χ4n) is 1.50. The molecule has 0 amide bonds. The number of aromatic nitrogens is 2. The van der Waals surface area contributed by atoms with Gasteiger partial charge in [-0.3, -0.25) is 0 Å². The summed E-state index contributed by atoms with van der Waals surface area (Å²) in [4.78, 5) is 4.22. The predicted octanol–water partition coefficient (Wildman–Crippen LogP) is 3.08. The third kappa shape index (κ3) is 3.67. The minimum Gasteiger partial charge on any atom is -0.380 e. The van der Waals surface area contributed by atoms with Gasteiger partial charge in [0, 0.05) is 22.2 Å². The fraction of sp³-hybridized carbons (Fsp3) is 0.333. The van der Waals surface area contributed by atoms with Crippen molar-refractivity contribution in [2.45, 2.75) is 13.0 Å². The van der Waals surface area contributed by atoms with Gasteiger partial charge in [0.05, 0.1) is 12.6 Å². The highest BCUT2D eigenvalue weighted by atomic mass is 35.5. The summed E-state index contributed by atoms with van der Waals surface area (Å²) in [5, 5.41) is 4.83. The molecule has 0 fully saturated rings. The van der Waals surface area contributed by atoms with Gasteiger partial charge in [0.15, 0.2) is 5.82 Å². The molecule has 2 aromatic rings. The molecule has 1 heterocycles. The largest absolute Gasteiger partial charge is 0.380 e. The maximum absolute atomic E-state index is 5.92. The van der Waals surface area contributed by atoms with Crippen LogP contribution in [0.15, 0.2) is 22.7 Å². The highest BCUT2D eigenvalue weighted by molar-refractivity contribution is 6.35. The molecule has 0 aliphatic rings. The van der Waals surface area contributed by atoms with Crippen LogP contribution in [0, 0.1) is 0 Å². The lowest BCUT2D eigenvalue weighted by Gasteiger charge is -2.05. The average Bonchev–Trinajstić information content (AvgIpc) is 2.84. The third-order valence-corrected chi connectivity index (χ3v) is 2.82. The number of halogens is 2. The van der Waals surface area contributed by atoms with E-state index >= 15 is 0 Å². The van der Waals surface area contributed by atoms with Gasteiger partial charge in [-0.25, -0.2) is 0 Å². The molecular weight excluding hydrogens is 289 g/mol. The van der Waals surface area contributed by atoms with Crippen LogP contribution in [0.1, 0.15) is 18.8 Å². The maximum Gasteiger partial charge on any atom is 0.258 e. The highest BCUT2D eigenvalue weighted by Gasteiger charge is 2.16. The summed E-state index contributed by atoms with van der Waals surface area (Å²) in [6.45, 7) is 2.82. The van der Waals surface area contributed by atoms with Crippen molar-refractivity contribution in [2.24, 2.45) is 5.73 Å². The second-order valence-electron chi connectivity index (χ2n) is 3.88. The zero-order chi connectivity index (χ0) is 13.8. The second kappa shape index (κ2) is 6.34. The maximum atomic E-state index is 5.92. The van der Waals surface area contributed by atoms with Gasteiger partial charge < -0.3 is 15.0 Å². The molecule has 5 nitrogen and oxygen atoms in total. The van der Waals surface area contributed by atoms with E-state index in [2.05, 4.69) is 10.1 Å². The van der Waals surface area contributed by atoms with Gasteiger partial charge in [-0.15, -0.1) is 0 Å². The van der Waals surface area contributed by atoms with Crippen LogP contribution in [-0.4, -0.2) is 23.4 Å². The van der Waals surface area contributed by atoms with Gasteiger partial charge in [-0.2, -0.15) is 4.98 Å². The number of nitrogens with two attached hydrogens (primary N) is 1. The van der Waals surface area contributed by atoms with Gasteiger partial charge in [0.2, 0.25) is 0 Å². The monoisotopic (exact) mass is 301 g/mol. The Morgan fingerprint density at radius 1 is 1.32 bits per heavy atom. The summed E-state index contributed by atoms with van der Waals surface area (Å²) in [5.41, 5.74) is 6.52. The molecular formula is C12H13Cl2N3O2. The molecule has 1 aromatic heterocycles. The van der Waals surface area contributed by atoms with Gasteiger partial charge in [0.1, 0.15) is 0 Å². The lowest BCUT2D eigenvalue weighted by Crippen LogP contribution is -2.18. The van der Waals surface area contributed by atoms with E-state index in [9.17, 15) is 0 Å². The summed E-state index contributed by atoms with van der Waals surface area (Å²) in [6, 6.07) is 4.59. The van der Waals surface area contributed by atoms with Crippen molar-refractivity contribution < 1.29 is 9.26 Å². The lowest BCUT2D eigenvalue weighted by atomic mass is 10.2. The Labute approximate surface area is 120 Å². The molecule has 0 bridgehead atoms. The molecule has 7 heteroatoms. The van der Waals surface area contributed by atoms with Crippen molar-refractivity contribution in [3.8, 4) is 11.5 Å². The van der Waals surface area contributed by atoms with Crippen LogP contribution in [-0.2, 0) is 4.74 Å². The molecule has 2 rings (SSSR count). The van der Waals surface area contributed by atoms with Crippen LogP contribution in [0.3, 0.4) is 0 Å². The Hall–Kier alpha value is -1.14. The lowest BCUT2D eigenvalue weighted by molar-refractivity contribution is 0.130. The molecule has 1 aromatic carbocycles. The summed E-state index contributed by atoms with van der Waals surface area (Å²) >= 11 is 11.8. The van der Waals surface area contributed by atoms with E-state index in [-0.39, 0.29) is 0 Å². The minimum absolute atomic E-state index is 0.325. The Balaban J connectivity index is 2.20. The number of nitrogens with zero attached hydrogens (tertiary/aromatic N) is 2. The average molecular weight is 302 g/mol. The van der Waals surface area contributed by atoms with Crippen LogP contribution < -0.4 is 5.73 Å². The van der Waals surface area contributed by atoms with E-state index < -0.39 is 6.04 Å². The first-order valence-electron chi connectivity index (χ1n) is 5.73. The number of benzene rings is 1. The quantitative estimate of drug-likeness (QED) is 0.918. The zero-order valence-corrected chi connectivity index (χ0v) is 11.8. The molecule has 0 aliphatic carbocycles. The van der Waals surface area contributed by atoms with Crippen LogP contribution >= 0.6 is 23.2 Å². The van der Waals surface area contributed by atoms with E-state index in [4.69, 9.17) is 38.2 Å². The molecule has 0 spiro atoms. The summed E-state index contributed by atoms with van der Waals surface area (Å²) in [5.74, 6) is 0.714. The molecule has 0 radical (unpaired) electrons. The molecule has 1 unspecified atom stereocenters. The topological polar surface area (TPSA) is 74.2 Å². The Kier molecular flexibility index (Phi) is 4.76. The van der Waals surface area contributed by atoms with Crippen molar-refractivity contribution in [1.29, 1.82) is 0 Å². The number of hydrogen-bond acceptors (Lipinski definition) is 5. The van der Waals surface area contributed by atoms with E-state index in [0.717, 1.165) is 0 Å². The zero-order valence-electron chi connectivity index (χ0n) is 10.3. The molecule has 0 saturated carbocycles. The van der Waals surface area contributed by atoms with E-state index in [0.29, 0.717) is 40.5 Å². The normalized spacial score (nSPS) is 12.6. The van der Waals surface area contributed by atoms with E-state index in [1.165, 1.54) is 0 Å². The minimum atomic E-state index is -0.424. The van der Waals surface area contributed by atoms with Crippen LogP contribution in [0.2, 0.25) is 10.0 Å². The predicted molar refractivity (Wildman–Crippen MR) is 73.2 cm³/mol. The second-order valence-corrected chi connectivity index (χ2v) is 4.75. The Bertz CT molecular complexity index is 539. The van der Waals surface area contributed by atoms with Crippen LogP contribution in [0.4, 0.5) is 0 Å². The Morgan fingerprint density at radius 2 is 2.00 bits per heavy atom. The van der Waals surface area contributed by atoms with Gasteiger partial charge in [0.25, 0.3) is 5.89 Å². The summed E-state index contributed by atoms with van der Waals surface area (Å²) in [6.07, 6.45) is 0. The smallest absolute Gasteiger partial charge is 0.258 e. The number of rotatable bonds is 5. The SMILES string of the molecule is CCOCC(N)c1noc(-c2cc(Cl)cc(Cl)c2)n1. The van der Waals surface area contributed by atoms with Crippen molar-refractivity contribution in [3.63, 3.8) is 0 Å². The van der Waals surface area contributed by atoms with Gasteiger partial charge in [-0.1, -0.05) is 28.4 Å². The first-order valence-corrected chi connectivity index (χ1v) is 6.49. The van der Waals surface area contributed by atoms with Crippen molar-refractivity contribution >= 4 is 23.2 Å². The Morgan fingerprint density at radius 3 is 2.63 bits per heavy atom. The summed E-state index contributed by atoms with van der Waals surface area (Å²) in [7, 11) is 0. The highest BCUT2D eigenvalue weighted by Crippen LogP contribution is 2.26. The van der Waals surface area contributed by atoms with Crippen molar-refractivity contribution in [2.75, 3.05) is 13.2 Å². The molecule has 1 atom stereocenters. The summed E-state index contributed by atoms with van der Waals surface area (Å²) < 4.78 is 10.4. The molecule has 19 heavy (non-hydrogen) atoms. The molecule has 0 saturated heterocycles. The first kappa shape index (κ1) is 14.3. The number of ether oxygens (including phenoxy) is 1. The van der Waals surface area contributed by atoms with E-state index in [1.54, 1.807) is 18.2 Å². The molecule has 2 N–H and O–H groups in total. The number of hydrogen-bond donors (Lipinski definition) is 1. The van der Waals surface area contributed by atoms with Crippen molar-refractivity contribution in [1.82, 2.24) is 10.1 Å². The molecule has 102 valence electrons. The first-order chi connectivity index (χ1) is 9.10. The van der Waals surface area contributed by atoms with Crippen LogP contribution in [0.5, 0.6) is 0 Å². The van der Waals surface area contributed by atoms with Crippen molar-refractivity contribution in [3.05, 3.63) is 34.1 Å². The van der Waals surface area contributed by atoms with Crippen LogP contribution in [0.25, 0.3) is 11.5 Å².